The molecule has 98 valence electrons. The van der Waals surface area contributed by atoms with Crippen LogP contribution in [0.5, 0.6) is 0 Å². The molecule has 6 heteroatoms. The number of aromatic nitrogens is 2. The predicted molar refractivity (Wildman–Crippen MR) is 76.8 cm³/mol. The standard InChI is InChI=1S/C13H11BrClN3O/c14-8-6-16-18(7-8)10-3-4-12(15)11(5-10)13(19)17-9-1-2-9/h3-7,9H,1-2H2,(H,17,19). The highest BCUT2D eigenvalue weighted by Gasteiger charge is 2.24. The van der Waals surface area contributed by atoms with Gasteiger partial charge in [-0.15, -0.1) is 0 Å². The zero-order valence-electron chi connectivity index (χ0n) is 9.94. The van der Waals surface area contributed by atoms with Crippen LogP contribution in [0.15, 0.2) is 35.1 Å². The summed E-state index contributed by atoms with van der Waals surface area (Å²) in [5.74, 6) is -0.124. The lowest BCUT2D eigenvalue weighted by atomic mass is 10.2. The molecule has 3 rings (SSSR count). The van der Waals surface area contributed by atoms with E-state index in [4.69, 9.17) is 11.6 Å². The third-order valence-corrected chi connectivity index (χ3v) is 3.66. The molecule has 0 radical (unpaired) electrons. The first-order valence-corrected chi connectivity index (χ1v) is 7.11. The number of carbonyl (C=O) groups excluding carboxylic acids is 1. The van der Waals surface area contributed by atoms with E-state index in [1.807, 2.05) is 12.3 Å². The Morgan fingerprint density at radius 3 is 2.89 bits per heavy atom. The second kappa shape index (κ2) is 4.98. The van der Waals surface area contributed by atoms with E-state index in [9.17, 15) is 4.79 Å². The first-order chi connectivity index (χ1) is 9.13. The smallest absolute Gasteiger partial charge is 0.253 e. The zero-order chi connectivity index (χ0) is 13.4. The number of amides is 1. The molecule has 0 saturated heterocycles. The molecule has 2 aromatic rings. The highest BCUT2D eigenvalue weighted by molar-refractivity contribution is 9.10. The normalized spacial score (nSPS) is 14.4. The Morgan fingerprint density at radius 1 is 1.47 bits per heavy atom. The highest BCUT2D eigenvalue weighted by Crippen LogP contribution is 2.23. The summed E-state index contributed by atoms with van der Waals surface area (Å²) in [4.78, 5) is 12.1. The van der Waals surface area contributed by atoms with Gasteiger partial charge in [-0.3, -0.25) is 4.79 Å². The molecule has 1 amide bonds. The van der Waals surface area contributed by atoms with Crippen molar-refractivity contribution in [1.82, 2.24) is 15.1 Å². The van der Waals surface area contributed by atoms with Crippen LogP contribution >= 0.6 is 27.5 Å². The Kier molecular flexibility index (Phi) is 3.33. The van der Waals surface area contributed by atoms with Crippen molar-refractivity contribution in [3.8, 4) is 5.69 Å². The quantitative estimate of drug-likeness (QED) is 0.933. The average molecular weight is 341 g/mol. The Bertz CT molecular complexity index is 637. The number of carbonyl (C=O) groups is 1. The molecule has 1 aliphatic rings. The second-order valence-electron chi connectivity index (χ2n) is 4.52. The SMILES string of the molecule is O=C(NC1CC1)c1cc(-n2cc(Br)cn2)ccc1Cl. The first-order valence-electron chi connectivity index (χ1n) is 5.94. The Morgan fingerprint density at radius 2 is 2.26 bits per heavy atom. The number of hydrogen-bond acceptors (Lipinski definition) is 2. The van der Waals surface area contributed by atoms with Gasteiger partial charge in [0, 0.05) is 12.2 Å². The van der Waals surface area contributed by atoms with E-state index in [0.29, 0.717) is 16.6 Å². The summed E-state index contributed by atoms with van der Waals surface area (Å²) in [5.41, 5.74) is 1.29. The van der Waals surface area contributed by atoms with Gasteiger partial charge in [-0.25, -0.2) is 4.68 Å². The Labute approximate surface area is 123 Å². The van der Waals surface area contributed by atoms with Crippen molar-refractivity contribution in [2.24, 2.45) is 0 Å². The fourth-order valence-corrected chi connectivity index (χ4v) is 2.25. The van der Waals surface area contributed by atoms with E-state index >= 15 is 0 Å². The zero-order valence-corrected chi connectivity index (χ0v) is 12.3. The van der Waals surface area contributed by atoms with Gasteiger partial charge >= 0.3 is 0 Å². The highest BCUT2D eigenvalue weighted by atomic mass is 79.9. The van der Waals surface area contributed by atoms with Crippen molar-refractivity contribution in [2.75, 3.05) is 0 Å². The van der Waals surface area contributed by atoms with Crippen LogP contribution in [0.4, 0.5) is 0 Å². The van der Waals surface area contributed by atoms with Crippen molar-refractivity contribution in [3.05, 3.63) is 45.7 Å². The maximum absolute atomic E-state index is 12.1. The van der Waals surface area contributed by atoms with E-state index in [1.165, 1.54) is 0 Å². The van der Waals surface area contributed by atoms with E-state index in [2.05, 4.69) is 26.3 Å². The molecule has 1 heterocycles. The van der Waals surface area contributed by atoms with Gasteiger partial charge in [-0.2, -0.15) is 5.10 Å². The Balaban J connectivity index is 1.92. The minimum absolute atomic E-state index is 0.124. The molecule has 1 saturated carbocycles. The molecule has 19 heavy (non-hydrogen) atoms. The fourth-order valence-electron chi connectivity index (χ4n) is 1.76. The number of halogens is 2. The minimum Gasteiger partial charge on any atom is -0.349 e. The lowest BCUT2D eigenvalue weighted by molar-refractivity contribution is 0.0951. The lowest BCUT2D eigenvalue weighted by Gasteiger charge is -2.08. The molecule has 1 aromatic carbocycles. The second-order valence-corrected chi connectivity index (χ2v) is 5.84. The van der Waals surface area contributed by atoms with Crippen LogP contribution in [0.3, 0.4) is 0 Å². The minimum atomic E-state index is -0.124. The van der Waals surface area contributed by atoms with E-state index < -0.39 is 0 Å². The summed E-state index contributed by atoms with van der Waals surface area (Å²) in [5, 5.41) is 7.57. The summed E-state index contributed by atoms with van der Waals surface area (Å²) in [7, 11) is 0. The number of nitrogens with one attached hydrogen (secondary N) is 1. The maximum Gasteiger partial charge on any atom is 0.253 e. The topological polar surface area (TPSA) is 46.9 Å². The van der Waals surface area contributed by atoms with Gasteiger partial charge < -0.3 is 5.32 Å². The molecule has 0 spiro atoms. The molecule has 0 atom stereocenters. The number of benzene rings is 1. The van der Waals surface area contributed by atoms with Gasteiger partial charge in [0.1, 0.15) is 0 Å². The summed E-state index contributed by atoms with van der Waals surface area (Å²) in [6.07, 6.45) is 5.62. The van der Waals surface area contributed by atoms with Gasteiger partial charge in [-0.05, 0) is 47.0 Å². The molecule has 0 unspecified atom stereocenters. The van der Waals surface area contributed by atoms with Crippen LogP contribution in [-0.2, 0) is 0 Å². The predicted octanol–water partition coefficient (Wildman–Crippen LogP) is 3.18. The van der Waals surface area contributed by atoms with E-state index in [1.54, 1.807) is 23.0 Å². The first kappa shape index (κ1) is 12.7. The van der Waals surface area contributed by atoms with Gasteiger partial charge in [0.05, 0.1) is 26.9 Å². The summed E-state index contributed by atoms with van der Waals surface area (Å²) >= 11 is 9.43. The summed E-state index contributed by atoms with van der Waals surface area (Å²) in [6, 6.07) is 5.61. The Hall–Kier alpha value is -1.33. The lowest BCUT2D eigenvalue weighted by Crippen LogP contribution is -2.25. The fraction of sp³-hybridized carbons (Fsp3) is 0.231. The van der Waals surface area contributed by atoms with Crippen molar-refractivity contribution in [1.29, 1.82) is 0 Å². The van der Waals surface area contributed by atoms with Gasteiger partial charge in [0.15, 0.2) is 0 Å². The summed E-state index contributed by atoms with van der Waals surface area (Å²) in [6.45, 7) is 0. The average Bonchev–Trinajstić information content (AvgIpc) is 3.09. The van der Waals surface area contributed by atoms with Gasteiger partial charge in [0.2, 0.25) is 0 Å². The molecule has 0 aliphatic heterocycles. The molecular weight excluding hydrogens is 330 g/mol. The van der Waals surface area contributed by atoms with Crippen molar-refractivity contribution in [3.63, 3.8) is 0 Å². The maximum atomic E-state index is 12.1. The largest absolute Gasteiger partial charge is 0.349 e. The van der Waals surface area contributed by atoms with Gasteiger partial charge in [-0.1, -0.05) is 11.6 Å². The van der Waals surface area contributed by atoms with Crippen molar-refractivity contribution < 1.29 is 4.79 Å². The summed E-state index contributed by atoms with van der Waals surface area (Å²) < 4.78 is 2.57. The van der Waals surface area contributed by atoms with Crippen LogP contribution in [0, 0.1) is 0 Å². The molecule has 1 fully saturated rings. The van der Waals surface area contributed by atoms with Crippen molar-refractivity contribution >= 4 is 33.4 Å². The monoisotopic (exact) mass is 339 g/mol. The van der Waals surface area contributed by atoms with Crippen molar-refractivity contribution in [2.45, 2.75) is 18.9 Å². The number of hydrogen-bond donors (Lipinski definition) is 1. The molecular formula is C13H11BrClN3O. The van der Waals surface area contributed by atoms with Crippen LogP contribution in [-0.4, -0.2) is 21.7 Å². The van der Waals surface area contributed by atoms with Crippen LogP contribution in [0.2, 0.25) is 5.02 Å². The third kappa shape index (κ3) is 2.82. The number of nitrogens with zero attached hydrogens (tertiary/aromatic N) is 2. The third-order valence-electron chi connectivity index (χ3n) is 2.92. The van der Waals surface area contributed by atoms with Crippen LogP contribution in [0.1, 0.15) is 23.2 Å². The van der Waals surface area contributed by atoms with E-state index in [0.717, 1.165) is 23.0 Å². The molecule has 1 aromatic heterocycles. The van der Waals surface area contributed by atoms with E-state index in [-0.39, 0.29) is 5.91 Å². The van der Waals surface area contributed by atoms with Gasteiger partial charge in [0.25, 0.3) is 5.91 Å². The number of rotatable bonds is 3. The molecule has 4 nitrogen and oxygen atoms in total. The molecule has 0 bridgehead atoms. The van der Waals surface area contributed by atoms with Crippen LogP contribution in [0.25, 0.3) is 5.69 Å². The molecule has 1 aliphatic carbocycles. The molecule has 1 N–H and O–H groups in total. The van der Waals surface area contributed by atoms with Crippen LogP contribution < -0.4 is 5.32 Å².